The molecule has 0 bridgehead atoms. The largest absolute Gasteiger partial charge is 0.338 e. The van der Waals surface area contributed by atoms with E-state index < -0.39 is 0 Å². The summed E-state index contributed by atoms with van der Waals surface area (Å²) >= 11 is 5.91. The molecule has 4 aromatic rings. The number of hydrogen-bond donors (Lipinski definition) is 1. The Labute approximate surface area is 162 Å². The van der Waals surface area contributed by atoms with Gasteiger partial charge in [0.25, 0.3) is 0 Å². The molecule has 0 amide bonds. The zero-order valence-corrected chi connectivity index (χ0v) is 15.5. The topological polar surface area (TPSA) is 45.8 Å². The van der Waals surface area contributed by atoms with Crippen LogP contribution in [0.15, 0.2) is 66.7 Å². The SMILES string of the molecule is CC(=O)c1ccccc1-c1ccc2nc(/C=C/c3ccc(Cl)cc3)[nH]c2c1. The van der Waals surface area contributed by atoms with E-state index in [9.17, 15) is 4.79 Å². The van der Waals surface area contributed by atoms with Crippen molar-refractivity contribution in [1.82, 2.24) is 9.97 Å². The minimum absolute atomic E-state index is 0.0573. The van der Waals surface area contributed by atoms with Crippen molar-refractivity contribution in [1.29, 1.82) is 0 Å². The third kappa shape index (κ3) is 3.69. The fourth-order valence-corrected chi connectivity index (χ4v) is 3.19. The van der Waals surface area contributed by atoms with Crippen LogP contribution >= 0.6 is 11.6 Å². The number of benzene rings is 3. The summed E-state index contributed by atoms with van der Waals surface area (Å²) in [4.78, 5) is 19.8. The summed E-state index contributed by atoms with van der Waals surface area (Å²) in [5.74, 6) is 0.832. The molecule has 3 nitrogen and oxygen atoms in total. The number of aromatic amines is 1. The van der Waals surface area contributed by atoms with E-state index >= 15 is 0 Å². The molecular formula is C23H17ClN2O. The molecule has 132 valence electrons. The fourth-order valence-electron chi connectivity index (χ4n) is 3.07. The van der Waals surface area contributed by atoms with Crippen LogP contribution in [0.4, 0.5) is 0 Å². The van der Waals surface area contributed by atoms with Crippen molar-refractivity contribution in [2.45, 2.75) is 6.92 Å². The Morgan fingerprint density at radius 3 is 2.56 bits per heavy atom. The molecule has 0 atom stereocenters. The predicted molar refractivity (Wildman–Crippen MR) is 112 cm³/mol. The predicted octanol–water partition coefficient (Wildman–Crippen LogP) is 6.26. The second kappa shape index (κ2) is 7.22. The fraction of sp³-hybridized carbons (Fsp3) is 0.0435. The second-order valence-corrected chi connectivity index (χ2v) is 6.78. The van der Waals surface area contributed by atoms with Crippen LogP contribution in [0.25, 0.3) is 34.3 Å². The zero-order chi connectivity index (χ0) is 18.8. The maximum absolute atomic E-state index is 11.9. The molecule has 4 rings (SSSR count). The molecule has 27 heavy (non-hydrogen) atoms. The van der Waals surface area contributed by atoms with Crippen LogP contribution in [0, 0.1) is 0 Å². The summed E-state index contributed by atoms with van der Waals surface area (Å²) < 4.78 is 0. The van der Waals surface area contributed by atoms with Crippen molar-refractivity contribution in [2.24, 2.45) is 0 Å². The lowest BCUT2D eigenvalue weighted by Gasteiger charge is -2.06. The number of nitrogens with zero attached hydrogens (tertiary/aromatic N) is 1. The van der Waals surface area contributed by atoms with Crippen molar-refractivity contribution in [2.75, 3.05) is 0 Å². The zero-order valence-electron chi connectivity index (χ0n) is 14.7. The molecule has 1 N–H and O–H groups in total. The number of fused-ring (bicyclic) bond motifs is 1. The molecule has 0 aliphatic heterocycles. The van der Waals surface area contributed by atoms with Gasteiger partial charge in [0, 0.05) is 10.6 Å². The first kappa shape index (κ1) is 17.3. The molecule has 0 spiro atoms. The van der Waals surface area contributed by atoms with Gasteiger partial charge in [-0.1, -0.05) is 60.1 Å². The highest BCUT2D eigenvalue weighted by atomic mass is 35.5. The Bertz CT molecular complexity index is 1160. The summed E-state index contributed by atoms with van der Waals surface area (Å²) in [5, 5.41) is 0.717. The molecule has 0 aliphatic rings. The number of aromatic nitrogens is 2. The van der Waals surface area contributed by atoms with Gasteiger partial charge in [-0.2, -0.15) is 0 Å². The minimum Gasteiger partial charge on any atom is -0.338 e. The maximum Gasteiger partial charge on any atom is 0.160 e. The lowest BCUT2D eigenvalue weighted by molar-refractivity contribution is 0.101. The van der Waals surface area contributed by atoms with E-state index in [1.54, 1.807) is 6.92 Å². The first-order valence-corrected chi connectivity index (χ1v) is 9.02. The Hall–Kier alpha value is -3.17. The van der Waals surface area contributed by atoms with Crippen molar-refractivity contribution in [3.63, 3.8) is 0 Å². The monoisotopic (exact) mass is 372 g/mol. The van der Waals surface area contributed by atoms with Gasteiger partial charge in [0.1, 0.15) is 5.82 Å². The van der Waals surface area contributed by atoms with Crippen molar-refractivity contribution in [3.05, 3.63) is 88.7 Å². The molecule has 4 heteroatoms. The first-order valence-electron chi connectivity index (χ1n) is 8.64. The summed E-state index contributed by atoms with van der Waals surface area (Å²) in [5.41, 5.74) is 5.51. The Morgan fingerprint density at radius 1 is 1.00 bits per heavy atom. The number of carbonyl (C=O) groups is 1. The first-order chi connectivity index (χ1) is 13.1. The van der Waals surface area contributed by atoms with Crippen LogP contribution in [0.3, 0.4) is 0 Å². The van der Waals surface area contributed by atoms with Crippen molar-refractivity contribution >= 4 is 40.6 Å². The number of H-pyrrole nitrogens is 1. The van der Waals surface area contributed by atoms with Gasteiger partial charge in [-0.25, -0.2) is 4.98 Å². The van der Waals surface area contributed by atoms with Crippen LogP contribution < -0.4 is 0 Å². The van der Waals surface area contributed by atoms with E-state index in [1.165, 1.54) is 0 Å². The number of ketones is 1. The highest BCUT2D eigenvalue weighted by Gasteiger charge is 2.10. The molecule has 0 unspecified atom stereocenters. The van der Waals surface area contributed by atoms with Crippen molar-refractivity contribution < 1.29 is 4.79 Å². The normalized spacial score (nSPS) is 11.3. The number of rotatable bonds is 4. The molecular weight excluding hydrogens is 356 g/mol. The Kier molecular flexibility index (Phi) is 4.61. The van der Waals surface area contributed by atoms with Gasteiger partial charge in [0.2, 0.25) is 0 Å². The lowest BCUT2D eigenvalue weighted by Crippen LogP contribution is -1.95. The van der Waals surface area contributed by atoms with E-state index in [0.29, 0.717) is 5.02 Å². The standard InChI is InChI=1S/C23H17ClN2O/c1-15(27)19-4-2-3-5-20(19)17-9-12-21-22(14-17)26-23(25-21)13-8-16-6-10-18(24)11-7-16/h2-14H,1H3,(H,25,26)/b13-8+. The minimum atomic E-state index is 0.0573. The number of hydrogen-bond acceptors (Lipinski definition) is 2. The second-order valence-electron chi connectivity index (χ2n) is 6.34. The van der Waals surface area contributed by atoms with Crippen LogP contribution in [-0.2, 0) is 0 Å². The summed E-state index contributed by atoms with van der Waals surface area (Å²) in [7, 11) is 0. The summed E-state index contributed by atoms with van der Waals surface area (Å²) in [6.45, 7) is 1.59. The van der Waals surface area contributed by atoms with Gasteiger partial charge in [0.15, 0.2) is 5.78 Å². The quantitative estimate of drug-likeness (QED) is 0.430. The highest BCUT2D eigenvalue weighted by molar-refractivity contribution is 6.30. The van der Waals surface area contributed by atoms with E-state index in [2.05, 4.69) is 9.97 Å². The molecule has 1 heterocycles. The van der Waals surface area contributed by atoms with E-state index in [1.807, 2.05) is 78.9 Å². The van der Waals surface area contributed by atoms with E-state index in [0.717, 1.165) is 39.1 Å². The third-order valence-corrected chi connectivity index (χ3v) is 4.67. The number of carbonyl (C=O) groups excluding carboxylic acids is 1. The van der Waals surface area contributed by atoms with Gasteiger partial charge in [-0.3, -0.25) is 4.79 Å². The molecule has 0 radical (unpaired) electrons. The summed E-state index contributed by atoms with van der Waals surface area (Å²) in [6.07, 6.45) is 3.92. The average Bonchev–Trinajstić information content (AvgIpc) is 3.09. The Morgan fingerprint density at radius 2 is 1.78 bits per heavy atom. The molecule has 0 saturated heterocycles. The summed E-state index contributed by atoms with van der Waals surface area (Å²) in [6, 6.07) is 21.3. The molecule has 0 fully saturated rings. The molecule has 1 aromatic heterocycles. The number of nitrogens with one attached hydrogen (secondary N) is 1. The van der Waals surface area contributed by atoms with Crippen molar-refractivity contribution in [3.8, 4) is 11.1 Å². The van der Waals surface area contributed by atoms with Gasteiger partial charge in [-0.05, 0) is 54.0 Å². The Balaban J connectivity index is 1.68. The molecule has 0 saturated carbocycles. The lowest BCUT2D eigenvalue weighted by atomic mass is 9.97. The smallest absolute Gasteiger partial charge is 0.160 e. The number of halogens is 1. The van der Waals surface area contributed by atoms with Crippen LogP contribution in [-0.4, -0.2) is 15.8 Å². The number of imidazole rings is 1. The van der Waals surface area contributed by atoms with Gasteiger partial charge < -0.3 is 4.98 Å². The van der Waals surface area contributed by atoms with Crippen LogP contribution in [0.2, 0.25) is 5.02 Å². The maximum atomic E-state index is 11.9. The van der Waals surface area contributed by atoms with E-state index in [4.69, 9.17) is 11.6 Å². The molecule has 3 aromatic carbocycles. The van der Waals surface area contributed by atoms with Crippen LogP contribution in [0.5, 0.6) is 0 Å². The highest BCUT2D eigenvalue weighted by Crippen LogP contribution is 2.27. The van der Waals surface area contributed by atoms with Crippen LogP contribution in [0.1, 0.15) is 28.7 Å². The number of Topliss-reactive ketones (excluding diaryl/α,β-unsaturated/α-hetero) is 1. The van der Waals surface area contributed by atoms with Gasteiger partial charge in [0.05, 0.1) is 11.0 Å². The van der Waals surface area contributed by atoms with Gasteiger partial charge >= 0.3 is 0 Å². The van der Waals surface area contributed by atoms with Gasteiger partial charge in [-0.15, -0.1) is 0 Å². The third-order valence-electron chi connectivity index (χ3n) is 4.42. The molecule has 0 aliphatic carbocycles. The van der Waals surface area contributed by atoms with E-state index in [-0.39, 0.29) is 5.78 Å². The average molecular weight is 373 g/mol.